The molecule has 0 atom stereocenters. The molecule has 165 valence electrons. The van der Waals surface area contributed by atoms with Crippen molar-refractivity contribution in [3.63, 3.8) is 0 Å². The summed E-state index contributed by atoms with van der Waals surface area (Å²) < 4.78 is 0. The van der Waals surface area contributed by atoms with Crippen LogP contribution in [0.2, 0.25) is 0 Å². The van der Waals surface area contributed by atoms with Crippen LogP contribution in [0.15, 0.2) is 59.1 Å². The monoisotopic (exact) mass is 445 g/mol. The lowest BCUT2D eigenvalue weighted by Crippen LogP contribution is -2.50. The first-order valence-electron chi connectivity index (χ1n) is 11.0. The van der Waals surface area contributed by atoms with Gasteiger partial charge in [0, 0.05) is 43.7 Å². The predicted octanol–water partition coefficient (Wildman–Crippen LogP) is 4.07. The fraction of sp³-hybridized carbons (Fsp3) is 0.308. The summed E-state index contributed by atoms with van der Waals surface area (Å²) in [4.78, 5) is 21.8. The molecule has 0 spiro atoms. The molecule has 0 saturated carbocycles. The number of hydrogen-bond donors (Lipinski definition) is 1. The molecule has 1 radical (unpaired) electrons. The number of aryl methyl sites for hydroxylation is 1. The maximum Gasteiger partial charge on any atom is 0.254 e. The van der Waals surface area contributed by atoms with Crippen molar-refractivity contribution in [3.8, 4) is 0 Å². The fourth-order valence-electron chi connectivity index (χ4n) is 4.02. The molecule has 5 nitrogen and oxygen atoms in total. The van der Waals surface area contributed by atoms with Gasteiger partial charge in [0.25, 0.3) is 5.91 Å². The Morgan fingerprint density at radius 2 is 1.69 bits per heavy atom. The van der Waals surface area contributed by atoms with E-state index in [1.54, 1.807) is 0 Å². The Balaban J connectivity index is 1.44. The highest BCUT2D eigenvalue weighted by atomic mass is 32.1. The van der Waals surface area contributed by atoms with Crippen molar-refractivity contribution in [3.05, 3.63) is 82.8 Å². The second-order valence-corrected chi connectivity index (χ2v) is 9.01. The van der Waals surface area contributed by atoms with Gasteiger partial charge >= 0.3 is 0 Å². The molecule has 1 aliphatic carbocycles. The predicted molar refractivity (Wildman–Crippen MR) is 134 cm³/mol. The fourth-order valence-corrected chi connectivity index (χ4v) is 4.30. The first-order chi connectivity index (χ1) is 15.3. The van der Waals surface area contributed by atoms with Gasteiger partial charge in [0.1, 0.15) is 5.84 Å². The Labute approximate surface area is 195 Å². The van der Waals surface area contributed by atoms with Crippen LogP contribution in [0, 0.1) is 19.3 Å². The van der Waals surface area contributed by atoms with E-state index in [2.05, 4.69) is 37.4 Å². The molecule has 1 amide bonds. The number of nitrogens with two attached hydrogens (primary N) is 1. The van der Waals surface area contributed by atoms with Crippen molar-refractivity contribution >= 4 is 34.6 Å². The number of hydrogen-bond acceptors (Lipinski definition) is 2. The second kappa shape index (κ2) is 9.25. The van der Waals surface area contributed by atoms with Gasteiger partial charge in [-0.15, -0.1) is 0 Å². The van der Waals surface area contributed by atoms with Gasteiger partial charge in [-0.2, -0.15) is 0 Å². The molecule has 32 heavy (non-hydrogen) atoms. The molecule has 1 heterocycles. The molecule has 1 fully saturated rings. The Morgan fingerprint density at radius 1 is 1.03 bits per heavy atom. The Morgan fingerprint density at radius 3 is 2.31 bits per heavy atom. The minimum Gasteiger partial charge on any atom is -0.383 e. The lowest BCUT2D eigenvalue weighted by atomic mass is 10.0. The average Bonchev–Trinajstić information content (AvgIpc) is 3.60. The largest absolute Gasteiger partial charge is 0.383 e. The van der Waals surface area contributed by atoms with Crippen molar-refractivity contribution < 1.29 is 4.79 Å². The van der Waals surface area contributed by atoms with E-state index >= 15 is 0 Å². The van der Waals surface area contributed by atoms with Crippen LogP contribution in [0.3, 0.4) is 0 Å². The Bertz CT molecular complexity index is 1100. The van der Waals surface area contributed by atoms with Gasteiger partial charge < -0.3 is 15.5 Å². The van der Waals surface area contributed by atoms with E-state index in [1.807, 2.05) is 53.1 Å². The Hall–Kier alpha value is -2.99. The maximum absolute atomic E-state index is 13.4. The van der Waals surface area contributed by atoms with Gasteiger partial charge in [0.2, 0.25) is 0 Å². The van der Waals surface area contributed by atoms with Gasteiger partial charge in [-0.3, -0.25) is 4.79 Å². The summed E-state index contributed by atoms with van der Waals surface area (Å²) in [5, 5.41) is 0.467. The topological polar surface area (TPSA) is 61.9 Å². The van der Waals surface area contributed by atoms with Crippen LogP contribution in [-0.4, -0.2) is 52.8 Å². The van der Waals surface area contributed by atoms with Crippen molar-refractivity contribution in [2.24, 2.45) is 16.6 Å². The minimum atomic E-state index is 0.0810. The van der Waals surface area contributed by atoms with Crippen LogP contribution < -0.4 is 5.73 Å². The summed E-state index contributed by atoms with van der Waals surface area (Å²) in [6, 6.07) is 15.8. The number of thiocarbonyl (C=S) groups is 1. The standard InChI is InChI=1S/C26H29N4OS/c1-17(2)21-16-22(21)20-10-9-18(3)15-23(20)25(31)29-11-13-30(14-12-29)26(32)28-24(27)19-7-5-4-6-8-19/h4-10,15-17H,11-14H2,1-3H3,(H2,27,28,32). The molecule has 2 aromatic rings. The summed E-state index contributed by atoms with van der Waals surface area (Å²) >= 11 is 5.51. The van der Waals surface area contributed by atoms with Crippen molar-refractivity contribution in [1.29, 1.82) is 0 Å². The highest BCUT2D eigenvalue weighted by Crippen LogP contribution is 2.44. The third-order valence-corrected chi connectivity index (χ3v) is 6.32. The first kappa shape index (κ1) is 22.2. The van der Waals surface area contributed by atoms with Crippen LogP contribution in [-0.2, 0) is 0 Å². The highest BCUT2D eigenvalue weighted by Gasteiger charge is 2.31. The highest BCUT2D eigenvalue weighted by molar-refractivity contribution is 7.80. The summed E-state index contributed by atoms with van der Waals surface area (Å²) in [5.41, 5.74) is 12.4. The van der Waals surface area contributed by atoms with E-state index in [4.69, 9.17) is 18.0 Å². The molecular weight excluding hydrogens is 416 g/mol. The molecule has 6 heteroatoms. The zero-order valence-corrected chi connectivity index (χ0v) is 19.7. The summed E-state index contributed by atoms with van der Waals surface area (Å²) in [6.45, 7) is 8.89. The number of amidine groups is 1. The second-order valence-electron chi connectivity index (χ2n) is 8.64. The molecule has 0 unspecified atom stereocenters. The molecule has 0 aromatic heterocycles. The molecule has 1 aliphatic heterocycles. The van der Waals surface area contributed by atoms with Crippen LogP contribution in [0.4, 0.5) is 0 Å². The number of benzene rings is 2. The van der Waals surface area contributed by atoms with Crippen LogP contribution >= 0.6 is 12.2 Å². The molecule has 2 aliphatic rings. The number of allylic oxidation sites excluding steroid dienone is 2. The lowest BCUT2D eigenvalue weighted by Gasteiger charge is -2.35. The number of amides is 1. The summed E-state index contributed by atoms with van der Waals surface area (Å²) in [5.74, 6) is 0.966. The molecule has 4 rings (SSSR count). The minimum absolute atomic E-state index is 0.0810. The summed E-state index contributed by atoms with van der Waals surface area (Å²) in [6.07, 6.45) is 2.19. The number of piperazine rings is 1. The van der Waals surface area contributed by atoms with Crippen LogP contribution in [0.25, 0.3) is 5.57 Å². The third-order valence-electron chi connectivity index (χ3n) is 5.97. The normalized spacial score (nSPS) is 16.6. The van der Waals surface area contributed by atoms with Gasteiger partial charge in [-0.25, -0.2) is 4.99 Å². The average molecular weight is 446 g/mol. The van der Waals surface area contributed by atoms with E-state index in [0.717, 1.165) is 22.3 Å². The van der Waals surface area contributed by atoms with Gasteiger partial charge in [-0.05, 0) is 42.3 Å². The van der Waals surface area contributed by atoms with E-state index in [1.165, 1.54) is 11.1 Å². The zero-order valence-electron chi connectivity index (χ0n) is 18.8. The van der Waals surface area contributed by atoms with Gasteiger partial charge in [0.05, 0.1) is 0 Å². The zero-order chi connectivity index (χ0) is 22.8. The molecule has 2 N–H and O–H groups in total. The summed E-state index contributed by atoms with van der Waals surface area (Å²) in [7, 11) is 0. The SMILES string of the molecule is Cc1ccc(C2=C(C(C)C)[CH]2)c(C(=O)N2CCN(C(=S)/N=C(\N)c3ccccc3)CC2)c1. The first-order valence-corrected chi connectivity index (χ1v) is 11.4. The van der Waals surface area contributed by atoms with E-state index in [-0.39, 0.29) is 5.91 Å². The number of nitrogens with zero attached hydrogens (tertiary/aromatic N) is 3. The molecule has 1 saturated heterocycles. The van der Waals surface area contributed by atoms with E-state index in [9.17, 15) is 4.79 Å². The van der Waals surface area contributed by atoms with Crippen molar-refractivity contribution in [1.82, 2.24) is 9.80 Å². The number of carbonyl (C=O) groups excluding carboxylic acids is 1. The lowest BCUT2D eigenvalue weighted by molar-refractivity contribution is 0.0692. The number of carbonyl (C=O) groups is 1. The van der Waals surface area contributed by atoms with Crippen LogP contribution in [0.1, 0.15) is 40.9 Å². The van der Waals surface area contributed by atoms with Crippen LogP contribution in [0.5, 0.6) is 0 Å². The van der Waals surface area contributed by atoms with Gasteiger partial charge in [-0.1, -0.05) is 67.4 Å². The Kier molecular flexibility index (Phi) is 6.42. The molecule has 0 bridgehead atoms. The molecule has 2 aromatic carbocycles. The van der Waals surface area contributed by atoms with Crippen molar-refractivity contribution in [2.75, 3.05) is 26.2 Å². The maximum atomic E-state index is 13.4. The van der Waals surface area contributed by atoms with E-state index < -0.39 is 0 Å². The molecular formula is C26H29N4OS. The van der Waals surface area contributed by atoms with Gasteiger partial charge in [0.15, 0.2) is 5.11 Å². The van der Waals surface area contributed by atoms with Crippen molar-refractivity contribution in [2.45, 2.75) is 20.8 Å². The third kappa shape index (κ3) is 4.75. The van der Waals surface area contributed by atoms with E-state index in [0.29, 0.717) is 43.0 Å². The number of rotatable bonds is 4. The number of aliphatic imine (C=N–C) groups is 1. The quantitative estimate of drug-likeness (QED) is 0.438. The smallest absolute Gasteiger partial charge is 0.254 e.